The molecule has 2 aliphatic heterocycles. The Kier molecular flexibility index (Phi) is 5.35. The largest absolute Gasteiger partial charge is 0.381 e. The van der Waals surface area contributed by atoms with Gasteiger partial charge in [-0.2, -0.15) is 5.10 Å². The number of benzene rings is 1. The highest BCUT2D eigenvalue weighted by molar-refractivity contribution is 6.31. The second-order valence-corrected chi connectivity index (χ2v) is 8.92. The van der Waals surface area contributed by atoms with E-state index in [0.29, 0.717) is 11.4 Å². The maximum absolute atomic E-state index is 12.8. The smallest absolute Gasteiger partial charge is 0.276 e. The minimum Gasteiger partial charge on any atom is -0.381 e. The zero-order chi connectivity index (χ0) is 20.7. The lowest BCUT2D eigenvalue weighted by Crippen LogP contribution is -2.24. The van der Waals surface area contributed by atoms with E-state index in [9.17, 15) is 4.79 Å². The van der Waals surface area contributed by atoms with E-state index in [1.807, 2.05) is 18.2 Å². The fourth-order valence-electron chi connectivity index (χ4n) is 4.75. The first-order valence-electron chi connectivity index (χ1n) is 10.6. The Morgan fingerprint density at radius 3 is 2.83 bits per heavy atom. The lowest BCUT2D eigenvalue weighted by Gasteiger charge is -2.21. The predicted octanol–water partition coefficient (Wildman–Crippen LogP) is 3.20. The van der Waals surface area contributed by atoms with Crippen molar-refractivity contribution in [1.82, 2.24) is 24.5 Å². The Labute approximate surface area is 180 Å². The summed E-state index contributed by atoms with van der Waals surface area (Å²) in [6.45, 7) is 6.25. The average Bonchev–Trinajstić information content (AvgIpc) is 3.34. The van der Waals surface area contributed by atoms with Crippen LogP contribution in [0, 0.1) is 5.92 Å². The molecular formula is C22H26ClN5O2. The molecule has 0 saturated carbocycles. The molecule has 2 fully saturated rings. The molecule has 1 N–H and O–H groups in total. The van der Waals surface area contributed by atoms with Gasteiger partial charge >= 0.3 is 0 Å². The molecule has 158 valence electrons. The molecule has 8 heteroatoms. The van der Waals surface area contributed by atoms with Gasteiger partial charge in [0.1, 0.15) is 11.6 Å². The second kappa shape index (κ2) is 8.13. The third-order valence-electron chi connectivity index (χ3n) is 6.42. The first kappa shape index (κ1) is 19.7. The molecule has 3 aromatic rings. The van der Waals surface area contributed by atoms with Gasteiger partial charge < -0.3 is 9.72 Å². The zero-order valence-electron chi connectivity index (χ0n) is 17.1. The topological polar surface area (TPSA) is 75.5 Å². The molecule has 0 bridgehead atoms. The first-order chi connectivity index (χ1) is 14.6. The normalized spacial score (nSPS) is 23.4. The van der Waals surface area contributed by atoms with E-state index in [-0.39, 0.29) is 17.4 Å². The fourth-order valence-corrected chi connectivity index (χ4v) is 4.95. The van der Waals surface area contributed by atoms with Crippen molar-refractivity contribution in [2.75, 3.05) is 26.3 Å². The molecule has 7 nitrogen and oxygen atoms in total. The van der Waals surface area contributed by atoms with Gasteiger partial charge in [0.25, 0.3) is 5.56 Å². The van der Waals surface area contributed by atoms with Crippen molar-refractivity contribution in [3.8, 4) is 0 Å². The van der Waals surface area contributed by atoms with E-state index < -0.39 is 0 Å². The number of imidazole rings is 1. The number of hydrogen-bond acceptors (Lipinski definition) is 5. The molecule has 0 radical (unpaired) electrons. The number of H-pyrrole nitrogens is 1. The van der Waals surface area contributed by atoms with E-state index >= 15 is 0 Å². The molecule has 0 spiro atoms. The molecular weight excluding hydrogens is 402 g/mol. The quantitative estimate of drug-likeness (QED) is 0.692. The fraction of sp³-hybridized carbons (Fsp3) is 0.500. The minimum absolute atomic E-state index is 0.123. The third kappa shape index (κ3) is 3.66. The number of ether oxygens (including phenoxy) is 1. The van der Waals surface area contributed by atoms with Crippen molar-refractivity contribution in [2.45, 2.75) is 38.1 Å². The summed E-state index contributed by atoms with van der Waals surface area (Å²) < 4.78 is 7.25. The molecule has 2 saturated heterocycles. The van der Waals surface area contributed by atoms with Crippen molar-refractivity contribution in [1.29, 1.82) is 0 Å². The maximum Gasteiger partial charge on any atom is 0.276 e. The van der Waals surface area contributed by atoms with Crippen molar-refractivity contribution in [3.05, 3.63) is 63.1 Å². The molecule has 2 atom stereocenters. The predicted molar refractivity (Wildman–Crippen MR) is 115 cm³/mol. The first-order valence-corrected chi connectivity index (χ1v) is 11.0. The lowest BCUT2D eigenvalue weighted by atomic mass is 9.97. The summed E-state index contributed by atoms with van der Waals surface area (Å²) in [5, 5.41) is 5.66. The highest BCUT2D eigenvalue weighted by Crippen LogP contribution is 2.32. The summed E-state index contributed by atoms with van der Waals surface area (Å²) in [6.07, 6.45) is 3.46. The summed E-state index contributed by atoms with van der Waals surface area (Å²) in [6, 6.07) is 7.96. The molecule has 2 aromatic heterocycles. The molecule has 0 aliphatic carbocycles. The molecule has 5 rings (SSSR count). The highest BCUT2D eigenvalue weighted by atomic mass is 35.5. The van der Waals surface area contributed by atoms with Crippen molar-refractivity contribution >= 4 is 17.1 Å². The summed E-state index contributed by atoms with van der Waals surface area (Å²) >= 11 is 6.35. The molecule has 4 heterocycles. The van der Waals surface area contributed by atoms with Gasteiger partial charge in [-0.05, 0) is 30.4 Å². The van der Waals surface area contributed by atoms with Crippen LogP contribution < -0.4 is 5.56 Å². The van der Waals surface area contributed by atoms with E-state index in [1.165, 1.54) is 0 Å². The minimum atomic E-state index is -0.123. The Bertz CT molecular complexity index is 1100. The number of fused-ring (bicyclic) bond motifs is 1. The van der Waals surface area contributed by atoms with Crippen LogP contribution in [0.15, 0.2) is 35.3 Å². The lowest BCUT2D eigenvalue weighted by molar-refractivity contribution is 0.0832. The van der Waals surface area contributed by atoms with E-state index in [0.717, 1.165) is 67.9 Å². The molecule has 2 unspecified atom stereocenters. The maximum atomic E-state index is 12.8. The van der Waals surface area contributed by atoms with Gasteiger partial charge in [0.05, 0.1) is 6.20 Å². The summed E-state index contributed by atoms with van der Waals surface area (Å²) in [4.78, 5) is 22.7. The monoisotopic (exact) mass is 427 g/mol. The number of likely N-dealkylation sites (tertiary alicyclic amines) is 1. The Morgan fingerprint density at radius 1 is 1.23 bits per heavy atom. The van der Waals surface area contributed by atoms with E-state index in [4.69, 9.17) is 21.4 Å². The second-order valence-electron chi connectivity index (χ2n) is 8.51. The van der Waals surface area contributed by atoms with Crippen LogP contribution >= 0.6 is 11.6 Å². The SMILES string of the molecule is CC1CN(Cc2ccccc2Cl)CC1c1nn2c(C3CCOCC3)ncc2c(=O)[nH]1. The summed E-state index contributed by atoms with van der Waals surface area (Å²) in [5.41, 5.74) is 1.52. The van der Waals surface area contributed by atoms with E-state index in [1.54, 1.807) is 10.7 Å². The van der Waals surface area contributed by atoms with Crippen molar-refractivity contribution < 1.29 is 4.74 Å². The van der Waals surface area contributed by atoms with Crippen LogP contribution in [-0.4, -0.2) is 50.8 Å². The standard InChI is InChI=1S/C22H26ClN5O2/c1-14-11-27(12-16-4-2-3-5-18(16)23)13-17(14)20-25-22(29)19-10-24-21(28(19)26-20)15-6-8-30-9-7-15/h2-5,10,14-15,17H,6-9,11-13H2,1H3,(H,25,26,29). The van der Waals surface area contributed by atoms with Crippen LogP contribution in [0.5, 0.6) is 0 Å². The number of aromatic amines is 1. The number of aromatic nitrogens is 4. The average molecular weight is 428 g/mol. The number of nitrogens with zero attached hydrogens (tertiary/aromatic N) is 4. The molecule has 1 aromatic carbocycles. The van der Waals surface area contributed by atoms with Gasteiger partial charge in [0.2, 0.25) is 0 Å². The van der Waals surface area contributed by atoms with Gasteiger partial charge in [-0.1, -0.05) is 36.7 Å². The molecule has 2 aliphatic rings. The number of hydrogen-bond donors (Lipinski definition) is 1. The van der Waals surface area contributed by atoms with Crippen LogP contribution in [0.1, 0.15) is 48.8 Å². The van der Waals surface area contributed by atoms with Crippen LogP contribution in [0.4, 0.5) is 0 Å². The van der Waals surface area contributed by atoms with Gasteiger partial charge in [-0.25, -0.2) is 9.50 Å². The van der Waals surface area contributed by atoms with E-state index in [2.05, 4.69) is 27.9 Å². The van der Waals surface area contributed by atoms with Gasteiger partial charge in [-0.15, -0.1) is 0 Å². The van der Waals surface area contributed by atoms with Gasteiger partial charge in [0, 0.05) is 49.7 Å². The van der Waals surface area contributed by atoms with Crippen LogP contribution in [-0.2, 0) is 11.3 Å². The van der Waals surface area contributed by atoms with Gasteiger partial charge in [0.15, 0.2) is 5.52 Å². The summed E-state index contributed by atoms with van der Waals surface area (Å²) in [5.74, 6) is 2.44. The van der Waals surface area contributed by atoms with Crippen molar-refractivity contribution in [3.63, 3.8) is 0 Å². The Morgan fingerprint density at radius 2 is 2.03 bits per heavy atom. The Balaban J connectivity index is 1.42. The number of halogens is 1. The Hall–Kier alpha value is -2.22. The van der Waals surface area contributed by atoms with Gasteiger partial charge in [-0.3, -0.25) is 9.69 Å². The van der Waals surface area contributed by atoms with Crippen LogP contribution in [0.25, 0.3) is 5.52 Å². The highest BCUT2D eigenvalue weighted by Gasteiger charge is 2.33. The zero-order valence-corrected chi connectivity index (χ0v) is 17.8. The van der Waals surface area contributed by atoms with Crippen LogP contribution in [0.3, 0.4) is 0 Å². The molecule has 30 heavy (non-hydrogen) atoms. The van der Waals surface area contributed by atoms with Crippen molar-refractivity contribution in [2.24, 2.45) is 5.92 Å². The third-order valence-corrected chi connectivity index (χ3v) is 6.79. The summed E-state index contributed by atoms with van der Waals surface area (Å²) in [7, 11) is 0. The number of rotatable bonds is 4. The van der Waals surface area contributed by atoms with Crippen LogP contribution in [0.2, 0.25) is 5.02 Å². The molecule has 0 amide bonds. The number of nitrogens with one attached hydrogen (secondary N) is 1.